The molecule has 0 aliphatic heterocycles. The number of guanidine groups is 1. The van der Waals surface area contributed by atoms with Crippen molar-refractivity contribution in [1.29, 1.82) is 0 Å². The van der Waals surface area contributed by atoms with Gasteiger partial charge in [0.25, 0.3) is 0 Å². The lowest BCUT2D eigenvalue weighted by atomic mass is 10.1. The van der Waals surface area contributed by atoms with Gasteiger partial charge >= 0.3 is 0 Å². The molecular weight excluding hydrogens is 350 g/mol. The van der Waals surface area contributed by atoms with Crippen molar-refractivity contribution >= 4 is 17.6 Å². The maximum Gasteiger partial charge on any atom is 0.191 e. The number of ether oxygens (including phenoxy) is 2. The minimum atomic E-state index is 0.524. The molecular formula is C20H26ClN3O2. The largest absolute Gasteiger partial charge is 0.491 e. The monoisotopic (exact) mass is 375 g/mol. The first kappa shape index (κ1) is 20.1. The van der Waals surface area contributed by atoms with Crippen LogP contribution in [0.1, 0.15) is 16.7 Å². The highest BCUT2D eigenvalue weighted by atomic mass is 35.5. The molecule has 0 fully saturated rings. The molecule has 2 aromatic rings. The second kappa shape index (κ2) is 10.7. The summed E-state index contributed by atoms with van der Waals surface area (Å²) in [5.74, 6) is 1.59. The number of nitrogens with zero attached hydrogens (tertiary/aromatic N) is 1. The van der Waals surface area contributed by atoms with E-state index in [0.717, 1.165) is 33.4 Å². The number of benzene rings is 2. The van der Waals surface area contributed by atoms with E-state index < -0.39 is 0 Å². The number of rotatable bonds is 8. The van der Waals surface area contributed by atoms with Gasteiger partial charge in [-0.05, 0) is 36.2 Å². The van der Waals surface area contributed by atoms with Crippen LogP contribution in [-0.2, 0) is 17.8 Å². The summed E-state index contributed by atoms with van der Waals surface area (Å²) in [5, 5.41) is 7.35. The van der Waals surface area contributed by atoms with Crippen molar-refractivity contribution in [1.82, 2.24) is 10.6 Å². The summed E-state index contributed by atoms with van der Waals surface area (Å²) in [4.78, 5) is 4.27. The molecule has 0 saturated carbocycles. The van der Waals surface area contributed by atoms with Gasteiger partial charge in [-0.3, -0.25) is 4.99 Å². The normalized spacial score (nSPS) is 11.3. The molecule has 0 bridgehead atoms. The Morgan fingerprint density at radius 1 is 1.04 bits per heavy atom. The molecule has 2 aromatic carbocycles. The highest BCUT2D eigenvalue weighted by Gasteiger charge is 2.06. The van der Waals surface area contributed by atoms with Crippen LogP contribution in [0.25, 0.3) is 0 Å². The second-order valence-corrected chi connectivity index (χ2v) is 6.29. The molecule has 0 radical (unpaired) electrons. The van der Waals surface area contributed by atoms with Crippen molar-refractivity contribution in [2.24, 2.45) is 4.99 Å². The number of aryl methyl sites for hydroxylation is 1. The number of hydrogen-bond donors (Lipinski definition) is 2. The quantitative estimate of drug-likeness (QED) is 0.421. The lowest BCUT2D eigenvalue weighted by Crippen LogP contribution is -2.36. The Bertz CT molecular complexity index is 717. The third-order valence-corrected chi connectivity index (χ3v) is 4.06. The van der Waals surface area contributed by atoms with E-state index in [4.69, 9.17) is 21.1 Å². The van der Waals surface area contributed by atoms with Crippen molar-refractivity contribution in [2.75, 3.05) is 27.4 Å². The van der Waals surface area contributed by atoms with E-state index >= 15 is 0 Å². The molecule has 0 saturated heterocycles. The molecule has 26 heavy (non-hydrogen) atoms. The van der Waals surface area contributed by atoms with Gasteiger partial charge in [0, 0.05) is 37.8 Å². The van der Waals surface area contributed by atoms with Crippen LogP contribution in [0.15, 0.2) is 47.5 Å². The number of aliphatic imine (C=N–C) groups is 1. The SMILES string of the molecule is CN=C(NCc1ccc(Cl)cc1)NCc1ccc(C)cc1OCCOC. The van der Waals surface area contributed by atoms with E-state index in [-0.39, 0.29) is 0 Å². The number of nitrogens with one attached hydrogen (secondary N) is 2. The fourth-order valence-electron chi connectivity index (χ4n) is 2.36. The Morgan fingerprint density at radius 3 is 2.46 bits per heavy atom. The summed E-state index contributed by atoms with van der Waals surface area (Å²) in [7, 11) is 3.42. The Kier molecular flexibility index (Phi) is 8.25. The highest BCUT2D eigenvalue weighted by molar-refractivity contribution is 6.30. The molecule has 0 heterocycles. The van der Waals surface area contributed by atoms with E-state index in [9.17, 15) is 0 Å². The van der Waals surface area contributed by atoms with Gasteiger partial charge in [-0.1, -0.05) is 35.9 Å². The van der Waals surface area contributed by atoms with Gasteiger partial charge in [0.2, 0.25) is 0 Å². The van der Waals surface area contributed by atoms with Crippen LogP contribution in [0.5, 0.6) is 5.75 Å². The Hall–Kier alpha value is -2.24. The van der Waals surface area contributed by atoms with Crippen LogP contribution in [0.3, 0.4) is 0 Å². The van der Waals surface area contributed by atoms with Crippen molar-refractivity contribution in [3.05, 3.63) is 64.2 Å². The Morgan fingerprint density at radius 2 is 1.77 bits per heavy atom. The van der Waals surface area contributed by atoms with Crippen LogP contribution in [0.2, 0.25) is 5.02 Å². The number of methoxy groups -OCH3 is 1. The summed E-state index contributed by atoms with van der Waals surface area (Å²) in [6, 6.07) is 13.9. The van der Waals surface area contributed by atoms with E-state index in [0.29, 0.717) is 26.3 Å². The van der Waals surface area contributed by atoms with Gasteiger partial charge in [-0.2, -0.15) is 0 Å². The minimum absolute atomic E-state index is 0.524. The van der Waals surface area contributed by atoms with E-state index in [1.165, 1.54) is 0 Å². The number of hydrogen-bond acceptors (Lipinski definition) is 3. The molecule has 0 spiro atoms. The van der Waals surface area contributed by atoms with Crippen molar-refractivity contribution in [3.63, 3.8) is 0 Å². The standard InChI is InChI=1S/C20H26ClN3O2/c1-15-4-7-17(19(12-15)26-11-10-25-3)14-24-20(22-2)23-13-16-5-8-18(21)9-6-16/h4-9,12H,10-11,13-14H2,1-3H3,(H2,22,23,24). The van der Waals surface area contributed by atoms with Crippen LogP contribution in [-0.4, -0.2) is 33.3 Å². The summed E-state index contributed by atoms with van der Waals surface area (Å²) < 4.78 is 10.9. The first-order valence-corrected chi connectivity index (χ1v) is 8.90. The molecule has 0 aromatic heterocycles. The smallest absolute Gasteiger partial charge is 0.191 e. The minimum Gasteiger partial charge on any atom is -0.491 e. The lowest BCUT2D eigenvalue weighted by molar-refractivity contribution is 0.145. The molecule has 0 aliphatic rings. The Balaban J connectivity index is 1.91. The van der Waals surface area contributed by atoms with Crippen molar-refractivity contribution in [3.8, 4) is 5.75 Å². The maximum absolute atomic E-state index is 5.91. The molecule has 0 unspecified atom stereocenters. The van der Waals surface area contributed by atoms with Gasteiger partial charge in [0.15, 0.2) is 5.96 Å². The molecule has 2 rings (SSSR count). The fraction of sp³-hybridized carbons (Fsp3) is 0.350. The third kappa shape index (κ3) is 6.58. The van der Waals surface area contributed by atoms with Crippen LogP contribution in [0.4, 0.5) is 0 Å². The molecule has 140 valence electrons. The van der Waals surface area contributed by atoms with Gasteiger partial charge in [-0.15, -0.1) is 0 Å². The van der Waals surface area contributed by atoms with Crippen molar-refractivity contribution in [2.45, 2.75) is 20.0 Å². The molecule has 0 atom stereocenters. The van der Waals surface area contributed by atoms with E-state index in [2.05, 4.69) is 27.8 Å². The first-order valence-electron chi connectivity index (χ1n) is 8.52. The van der Waals surface area contributed by atoms with Crippen LogP contribution in [0, 0.1) is 6.92 Å². The fourth-order valence-corrected chi connectivity index (χ4v) is 2.49. The summed E-state index contributed by atoms with van der Waals surface area (Å²) >= 11 is 5.91. The van der Waals surface area contributed by atoms with Gasteiger partial charge < -0.3 is 20.1 Å². The average Bonchev–Trinajstić information content (AvgIpc) is 2.65. The van der Waals surface area contributed by atoms with Gasteiger partial charge in [0.05, 0.1) is 6.61 Å². The zero-order valence-corrected chi connectivity index (χ0v) is 16.3. The first-order chi connectivity index (χ1) is 12.6. The second-order valence-electron chi connectivity index (χ2n) is 5.86. The van der Waals surface area contributed by atoms with Crippen LogP contribution >= 0.6 is 11.6 Å². The molecule has 0 aliphatic carbocycles. The average molecular weight is 376 g/mol. The van der Waals surface area contributed by atoms with Crippen molar-refractivity contribution < 1.29 is 9.47 Å². The molecule has 2 N–H and O–H groups in total. The maximum atomic E-state index is 5.91. The summed E-state index contributed by atoms with van der Waals surface area (Å²) in [6.07, 6.45) is 0. The topological polar surface area (TPSA) is 54.9 Å². The molecule has 5 nitrogen and oxygen atoms in total. The third-order valence-electron chi connectivity index (χ3n) is 3.81. The molecule has 0 amide bonds. The Labute approximate surface area is 160 Å². The zero-order valence-electron chi connectivity index (χ0n) is 15.5. The molecule has 6 heteroatoms. The van der Waals surface area contributed by atoms with Crippen LogP contribution < -0.4 is 15.4 Å². The summed E-state index contributed by atoms with van der Waals surface area (Å²) in [5.41, 5.74) is 3.36. The van der Waals surface area contributed by atoms with Gasteiger partial charge in [-0.25, -0.2) is 0 Å². The predicted octanol–water partition coefficient (Wildman–Crippen LogP) is 3.54. The van der Waals surface area contributed by atoms with Gasteiger partial charge in [0.1, 0.15) is 12.4 Å². The zero-order chi connectivity index (χ0) is 18.8. The van der Waals surface area contributed by atoms with E-state index in [1.807, 2.05) is 37.3 Å². The summed E-state index contributed by atoms with van der Waals surface area (Å²) in [6.45, 7) is 4.42. The lowest BCUT2D eigenvalue weighted by Gasteiger charge is -2.15. The number of halogens is 1. The van der Waals surface area contributed by atoms with E-state index in [1.54, 1.807) is 14.2 Å². The predicted molar refractivity (Wildman–Crippen MR) is 107 cm³/mol. The highest BCUT2D eigenvalue weighted by Crippen LogP contribution is 2.20.